The lowest BCUT2D eigenvalue weighted by Gasteiger charge is -2.27. The number of amides is 1. The lowest BCUT2D eigenvalue weighted by Crippen LogP contribution is -2.44. The van der Waals surface area contributed by atoms with Crippen molar-refractivity contribution in [3.8, 4) is 0 Å². The molecule has 1 aromatic rings. The summed E-state index contributed by atoms with van der Waals surface area (Å²) in [6, 6.07) is 4.76. The van der Waals surface area contributed by atoms with Crippen molar-refractivity contribution in [1.82, 2.24) is 20.9 Å². The van der Waals surface area contributed by atoms with Crippen LogP contribution in [0.1, 0.15) is 62.3 Å². The van der Waals surface area contributed by atoms with Gasteiger partial charge in [-0.15, -0.1) is 11.3 Å². The maximum atomic E-state index is 12.1. The van der Waals surface area contributed by atoms with Crippen LogP contribution in [0.25, 0.3) is 0 Å². The van der Waals surface area contributed by atoms with Crippen LogP contribution in [0.3, 0.4) is 0 Å². The fourth-order valence-electron chi connectivity index (χ4n) is 4.47. The molecule has 1 amide bonds. The van der Waals surface area contributed by atoms with Crippen molar-refractivity contribution in [2.24, 2.45) is 10.9 Å². The monoisotopic (exact) mass is 419 g/mol. The molecule has 1 saturated carbocycles. The summed E-state index contributed by atoms with van der Waals surface area (Å²) in [6.45, 7) is 4.50. The molecule has 2 heterocycles. The first-order chi connectivity index (χ1) is 14.3. The Morgan fingerprint density at radius 3 is 2.59 bits per heavy atom. The predicted octanol–water partition coefficient (Wildman–Crippen LogP) is 3.14. The topological polar surface area (TPSA) is 68.8 Å². The zero-order valence-electron chi connectivity index (χ0n) is 17.8. The van der Waals surface area contributed by atoms with Crippen molar-refractivity contribution in [2.45, 2.75) is 57.4 Å². The maximum Gasteiger partial charge on any atom is 0.220 e. The lowest BCUT2D eigenvalue weighted by molar-refractivity contribution is -0.122. The molecule has 1 atom stereocenters. The molecule has 0 bridgehead atoms. The Morgan fingerprint density at radius 1 is 1.14 bits per heavy atom. The number of guanidine groups is 1. The Hall–Kier alpha value is -1.60. The van der Waals surface area contributed by atoms with Gasteiger partial charge in [0.25, 0.3) is 0 Å². The smallest absolute Gasteiger partial charge is 0.220 e. The quantitative estimate of drug-likeness (QED) is 0.327. The van der Waals surface area contributed by atoms with Gasteiger partial charge >= 0.3 is 0 Å². The Balaban J connectivity index is 1.35. The normalized spacial score (nSPS) is 19.8. The highest BCUT2D eigenvalue weighted by atomic mass is 32.1. The van der Waals surface area contributed by atoms with E-state index in [2.05, 4.69) is 43.4 Å². The third kappa shape index (κ3) is 7.30. The molecule has 0 radical (unpaired) electrons. The van der Waals surface area contributed by atoms with Gasteiger partial charge in [0.15, 0.2) is 5.96 Å². The van der Waals surface area contributed by atoms with Crippen LogP contribution < -0.4 is 16.0 Å². The van der Waals surface area contributed by atoms with Crippen LogP contribution in [0.5, 0.6) is 0 Å². The van der Waals surface area contributed by atoms with Gasteiger partial charge in [-0.05, 0) is 56.1 Å². The number of hydrogen-bond donors (Lipinski definition) is 3. The van der Waals surface area contributed by atoms with Crippen LogP contribution in [-0.2, 0) is 4.79 Å². The SMILES string of the molecule is CN=C(NCCNC(=O)CC1CCCCC1)NCC(c1cccs1)N1CCCC1. The molecule has 1 unspecified atom stereocenters. The highest BCUT2D eigenvalue weighted by molar-refractivity contribution is 7.10. The number of nitrogens with zero attached hydrogens (tertiary/aromatic N) is 2. The number of nitrogens with one attached hydrogen (secondary N) is 3. The van der Waals surface area contributed by atoms with Crippen molar-refractivity contribution >= 4 is 23.2 Å². The van der Waals surface area contributed by atoms with Crippen molar-refractivity contribution in [1.29, 1.82) is 0 Å². The van der Waals surface area contributed by atoms with Gasteiger partial charge in [-0.1, -0.05) is 25.3 Å². The summed E-state index contributed by atoms with van der Waals surface area (Å²) in [5.41, 5.74) is 0. The fourth-order valence-corrected chi connectivity index (χ4v) is 5.33. The lowest BCUT2D eigenvalue weighted by atomic mass is 9.87. The fraction of sp³-hybridized carbons (Fsp3) is 0.727. The van der Waals surface area contributed by atoms with E-state index in [9.17, 15) is 4.79 Å². The second-order valence-electron chi connectivity index (χ2n) is 8.21. The molecule has 3 rings (SSSR count). The molecule has 6 nitrogen and oxygen atoms in total. The van der Waals surface area contributed by atoms with Gasteiger partial charge in [-0.3, -0.25) is 14.7 Å². The molecule has 1 aliphatic heterocycles. The highest BCUT2D eigenvalue weighted by Gasteiger charge is 2.24. The zero-order chi connectivity index (χ0) is 20.3. The van der Waals surface area contributed by atoms with Crippen LogP contribution in [-0.4, -0.2) is 56.5 Å². The van der Waals surface area contributed by atoms with Crippen molar-refractivity contribution in [3.63, 3.8) is 0 Å². The number of hydrogen-bond acceptors (Lipinski definition) is 4. The summed E-state index contributed by atoms with van der Waals surface area (Å²) in [5, 5.41) is 12.0. The third-order valence-electron chi connectivity index (χ3n) is 6.08. The highest BCUT2D eigenvalue weighted by Crippen LogP contribution is 2.28. The van der Waals surface area contributed by atoms with Gasteiger partial charge in [-0.25, -0.2) is 0 Å². The standard InChI is InChI=1S/C22H37N5OS/c1-23-22(25-12-11-24-21(28)16-18-8-3-2-4-9-18)26-17-19(20-10-7-15-29-20)27-13-5-6-14-27/h7,10,15,18-19H,2-6,8-9,11-14,16-17H2,1H3,(H,24,28)(H2,23,25,26). The van der Waals surface area contributed by atoms with Gasteiger partial charge in [0.05, 0.1) is 6.04 Å². The zero-order valence-corrected chi connectivity index (χ0v) is 18.6. The minimum Gasteiger partial charge on any atom is -0.355 e. The Labute approximate surface area is 179 Å². The summed E-state index contributed by atoms with van der Waals surface area (Å²) >= 11 is 1.83. The third-order valence-corrected chi connectivity index (χ3v) is 7.05. The largest absolute Gasteiger partial charge is 0.355 e. The van der Waals surface area contributed by atoms with Crippen LogP contribution in [0.4, 0.5) is 0 Å². The number of likely N-dealkylation sites (tertiary alicyclic amines) is 1. The molecule has 2 aliphatic rings. The van der Waals surface area contributed by atoms with E-state index in [0.717, 1.165) is 12.5 Å². The molecule has 1 saturated heterocycles. The van der Waals surface area contributed by atoms with Gasteiger partial charge in [-0.2, -0.15) is 0 Å². The molecule has 29 heavy (non-hydrogen) atoms. The summed E-state index contributed by atoms with van der Waals surface area (Å²) in [6.07, 6.45) is 9.58. The summed E-state index contributed by atoms with van der Waals surface area (Å²) < 4.78 is 0. The second kappa shape index (κ2) is 12.2. The molecule has 1 aromatic heterocycles. The van der Waals surface area contributed by atoms with Gasteiger partial charge in [0.1, 0.15) is 0 Å². The maximum absolute atomic E-state index is 12.1. The van der Waals surface area contributed by atoms with Crippen LogP contribution in [0, 0.1) is 5.92 Å². The van der Waals surface area contributed by atoms with Gasteiger partial charge < -0.3 is 16.0 Å². The number of carbonyl (C=O) groups is 1. The van der Waals surface area contributed by atoms with E-state index in [1.165, 1.54) is 62.9 Å². The van der Waals surface area contributed by atoms with E-state index in [1.54, 1.807) is 7.05 Å². The van der Waals surface area contributed by atoms with E-state index in [0.29, 0.717) is 31.5 Å². The number of rotatable bonds is 9. The number of thiophene rings is 1. The van der Waals surface area contributed by atoms with Crippen LogP contribution >= 0.6 is 11.3 Å². The predicted molar refractivity (Wildman–Crippen MR) is 121 cm³/mol. The first-order valence-corrected chi connectivity index (χ1v) is 12.1. The summed E-state index contributed by atoms with van der Waals surface area (Å²) in [7, 11) is 1.80. The molecule has 162 valence electrons. The Bertz CT molecular complexity index is 621. The first kappa shape index (κ1) is 22.1. The van der Waals surface area contributed by atoms with E-state index in [1.807, 2.05) is 11.3 Å². The van der Waals surface area contributed by atoms with E-state index in [-0.39, 0.29) is 5.91 Å². The Kier molecular flexibility index (Phi) is 9.28. The first-order valence-electron chi connectivity index (χ1n) is 11.2. The average molecular weight is 420 g/mol. The van der Waals surface area contributed by atoms with Gasteiger partial charge in [0, 0.05) is 38.0 Å². The molecule has 1 aliphatic carbocycles. The molecular weight excluding hydrogens is 382 g/mol. The molecule has 7 heteroatoms. The summed E-state index contributed by atoms with van der Waals surface area (Å²) in [5.74, 6) is 1.58. The van der Waals surface area contributed by atoms with Crippen LogP contribution in [0.15, 0.2) is 22.5 Å². The minimum absolute atomic E-state index is 0.188. The van der Waals surface area contributed by atoms with Crippen LogP contribution in [0.2, 0.25) is 0 Å². The molecular formula is C22H37N5OS. The van der Waals surface area contributed by atoms with Crippen molar-refractivity contribution in [2.75, 3.05) is 39.8 Å². The number of aliphatic imine (C=N–C) groups is 1. The van der Waals surface area contributed by atoms with E-state index in [4.69, 9.17) is 0 Å². The average Bonchev–Trinajstić information content (AvgIpc) is 3.45. The minimum atomic E-state index is 0.188. The molecule has 2 fully saturated rings. The van der Waals surface area contributed by atoms with E-state index >= 15 is 0 Å². The van der Waals surface area contributed by atoms with Crippen molar-refractivity contribution in [3.05, 3.63) is 22.4 Å². The Morgan fingerprint density at radius 2 is 1.90 bits per heavy atom. The van der Waals surface area contributed by atoms with E-state index < -0.39 is 0 Å². The number of carbonyl (C=O) groups excluding carboxylic acids is 1. The summed E-state index contributed by atoms with van der Waals surface area (Å²) in [4.78, 5) is 20.4. The molecule has 0 aromatic carbocycles. The second-order valence-corrected chi connectivity index (χ2v) is 9.19. The van der Waals surface area contributed by atoms with Crippen molar-refractivity contribution < 1.29 is 4.79 Å². The van der Waals surface area contributed by atoms with Gasteiger partial charge in [0.2, 0.25) is 5.91 Å². The molecule has 0 spiro atoms. The molecule has 3 N–H and O–H groups in total.